The Labute approximate surface area is 204 Å². The smallest absolute Gasteiger partial charge is 0.256 e. The van der Waals surface area contributed by atoms with Crippen LogP contribution in [0.3, 0.4) is 0 Å². The quantitative estimate of drug-likeness (QED) is 0.401. The fourth-order valence-corrected chi connectivity index (χ4v) is 4.15. The molecule has 0 bridgehead atoms. The number of hydrogen-bond acceptors (Lipinski definition) is 4. The van der Waals surface area contributed by atoms with Gasteiger partial charge < -0.3 is 10.6 Å². The van der Waals surface area contributed by atoms with Crippen LogP contribution in [0.5, 0.6) is 0 Å². The van der Waals surface area contributed by atoms with Crippen molar-refractivity contribution in [1.29, 1.82) is 0 Å². The standard InChI is InChI=1S/C29H27N3O3/c1-18-7-6-8-19(2)27(18)29(35)32-26(20(3)33)17-21-11-13-22(14-12-21)31-28(34)24-15-16-30-25-10-5-4-9-23(24)25/h4-16,26H,17H2,1-3H3,(H,31,34)(H,32,35). The minimum absolute atomic E-state index is 0.119. The molecule has 0 aliphatic rings. The predicted octanol–water partition coefficient (Wildman–Crippen LogP) is 5.03. The van der Waals surface area contributed by atoms with E-state index in [9.17, 15) is 14.4 Å². The SMILES string of the molecule is CC(=O)C(Cc1ccc(NC(=O)c2ccnc3ccccc23)cc1)NC(=O)c1c(C)cccc1C. The van der Waals surface area contributed by atoms with E-state index in [1.807, 2.05) is 68.4 Å². The highest BCUT2D eigenvalue weighted by Gasteiger charge is 2.21. The lowest BCUT2D eigenvalue weighted by atomic mass is 9.99. The second-order valence-corrected chi connectivity index (χ2v) is 8.63. The van der Waals surface area contributed by atoms with E-state index in [0.717, 1.165) is 27.6 Å². The number of rotatable bonds is 7. The third-order valence-corrected chi connectivity index (χ3v) is 6.05. The molecular formula is C29H27N3O3. The van der Waals surface area contributed by atoms with Crippen molar-refractivity contribution in [3.63, 3.8) is 0 Å². The van der Waals surface area contributed by atoms with Crippen LogP contribution in [0.15, 0.2) is 79.0 Å². The van der Waals surface area contributed by atoms with E-state index in [1.165, 1.54) is 6.92 Å². The highest BCUT2D eigenvalue weighted by molar-refractivity contribution is 6.12. The molecule has 0 spiro atoms. The van der Waals surface area contributed by atoms with E-state index < -0.39 is 6.04 Å². The van der Waals surface area contributed by atoms with Gasteiger partial charge in [-0.15, -0.1) is 0 Å². The fourth-order valence-electron chi connectivity index (χ4n) is 4.15. The number of carbonyl (C=O) groups is 3. The third kappa shape index (κ3) is 5.44. The number of ketones is 1. The largest absolute Gasteiger partial charge is 0.342 e. The van der Waals surface area contributed by atoms with E-state index in [4.69, 9.17) is 0 Å². The number of Topliss-reactive ketones (excluding diaryl/α,β-unsaturated/α-hetero) is 1. The first-order valence-electron chi connectivity index (χ1n) is 11.4. The van der Waals surface area contributed by atoms with E-state index in [0.29, 0.717) is 23.2 Å². The molecule has 0 aliphatic carbocycles. The fraction of sp³-hybridized carbons (Fsp3) is 0.172. The van der Waals surface area contributed by atoms with Crippen molar-refractivity contribution in [2.24, 2.45) is 0 Å². The van der Waals surface area contributed by atoms with Gasteiger partial charge in [0.15, 0.2) is 5.78 Å². The van der Waals surface area contributed by atoms with Crippen LogP contribution in [0.2, 0.25) is 0 Å². The van der Waals surface area contributed by atoms with Gasteiger partial charge in [0.1, 0.15) is 0 Å². The number of para-hydroxylation sites is 1. The third-order valence-electron chi connectivity index (χ3n) is 6.05. The number of aromatic nitrogens is 1. The number of fused-ring (bicyclic) bond motifs is 1. The summed E-state index contributed by atoms with van der Waals surface area (Å²) in [5.74, 6) is -0.598. The van der Waals surface area contributed by atoms with Gasteiger partial charge in [-0.05, 0) is 68.1 Å². The Kier molecular flexibility index (Phi) is 7.01. The Balaban J connectivity index is 1.45. The number of carbonyl (C=O) groups excluding carboxylic acids is 3. The topological polar surface area (TPSA) is 88.2 Å². The second-order valence-electron chi connectivity index (χ2n) is 8.63. The lowest BCUT2D eigenvalue weighted by molar-refractivity contribution is -0.118. The Morgan fingerprint density at radius 2 is 1.51 bits per heavy atom. The summed E-state index contributed by atoms with van der Waals surface area (Å²) in [6, 6.07) is 21.5. The molecule has 6 heteroatoms. The van der Waals surface area contributed by atoms with Gasteiger partial charge >= 0.3 is 0 Å². The van der Waals surface area contributed by atoms with Crippen molar-refractivity contribution < 1.29 is 14.4 Å². The monoisotopic (exact) mass is 465 g/mol. The molecule has 1 aromatic heterocycles. The first-order valence-corrected chi connectivity index (χ1v) is 11.4. The zero-order valence-electron chi connectivity index (χ0n) is 20.0. The number of nitrogens with one attached hydrogen (secondary N) is 2. The van der Waals surface area contributed by atoms with Crippen LogP contribution in [0.4, 0.5) is 5.69 Å². The molecule has 2 N–H and O–H groups in total. The zero-order chi connectivity index (χ0) is 24.9. The van der Waals surface area contributed by atoms with Gasteiger partial charge in [-0.2, -0.15) is 0 Å². The Morgan fingerprint density at radius 1 is 0.829 bits per heavy atom. The molecular weight excluding hydrogens is 438 g/mol. The van der Waals surface area contributed by atoms with Gasteiger partial charge in [-0.25, -0.2) is 0 Å². The second kappa shape index (κ2) is 10.3. The summed E-state index contributed by atoms with van der Waals surface area (Å²) >= 11 is 0. The van der Waals surface area contributed by atoms with E-state index in [1.54, 1.807) is 24.4 Å². The number of hydrogen-bond donors (Lipinski definition) is 2. The molecule has 0 aliphatic heterocycles. The number of anilines is 1. The summed E-state index contributed by atoms with van der Waals surface area (Å²) in [6.45, 7) is 5.24. The van der Waals surface area contributed by atoms with Gasteiger partial charge in [0.2, 0.25) is 0 Å². The lowest BCUT2D eigenvalue weighted by Gasteiger charge is -2.18. The number of amides is 2. The molecule has 1 unspecified atom stereocenters. The molecule has 176 valence electrons. The summed E-state index contributed by atoms with van der Waals surface area (Å²) in [4.78, 5) is 42.3. The van der Waals surface area contributed by atoms with E-state index in [-0.39, 0.29) is 17.6 Å². The average Bonchev–Trinajstić information content (AvgIpc) is 2.84. The van der Waals surface area contributed by atoms with E-state index >= 15 is 0 Å². The molecule has 0 saturated carbocycles. The maximum absolute atomic E-state index is 12.9. The van der Waals surface area contributed by atoms with Crippen LogP contribution in [0.1, 0.15) is 44.3 Å². The average molecular weight is 466 g/mol. The molecule has 1 heterocycles. The van der Waals surface area contributed by atoms with Gasteiger partial charge in [-0.3, -0.25) is 19.4 Å². The zero-order valence-corrected chi connectivity index (χ0v) is 20.0. The lowest BCUT2D eigenvalue weighted by Crippen LogP contribution is -2.41. The van der Waals surface area contributed by atoms with Crippen molar-refractivity contribution in [3.05, 3.63) is 107 Å². The molecule has 4 rings (SSSR count). The van der Waals surface area contributed by atoms with Gasteiger partial charge in [0.05, 0.1) is 17.1 Å². The Morgan fingerprint density at radius 3 is 2.20 bits per heavy atom. The highest BCUT2D eigenvalue weighted by Crippen LogP contribution is 2.19. The molecule has 0 saturated heterocycles. The number of nitrogens with zero attached hydrogens (tertiary/aromatic N) is 1. The molecule has 1 atom stereocenters. The Bertz CT molecular complexity index is 1390. The van der Waals surface area contributed by atoms with Crippen molar-refractivity contribution in [1.82, 2.24) is 10.3 Å². The minimum atomic E-state index is -0.648. The number of aryl methyl sites for hydroxylation is 2. The minimum Gasteiger partial charge on any atom is -0.342 e. The summed E-state index contributed by atoms with van der Waals surface area (Å²) in [5, 5.41) is 6.59. The van der Waals surface area contributed by atoms with Crippen molar-refractivity contribution in [2.45, 2.75) is 33.2 Å². The van der Waals surface area contributed by atoms with Crippen LogP contribution >= 0.6 is 0 Å². The number of benzene rings is 3. The highest BCUT2D eigenvalue weighted by atomic mass is 16.2. The van der Waals surface area contributed by atoms with Gasteiger partial charge in [0, 0.05) is 22.8 Å². The first-order chi connectivity index (χ1) is 16.8. The van der Waals surface area contributed by atoms with Crippen molar-refractivity contribution in [2.75, 3.05) is 5.32 Å². The van der Waals surface area contributed by atoms with Crippen LogP contribution in [0, 0.1) is 13.8 Å². The predicted molar refractivity (Wildman–Crippen MR) is 138 cm³/mol. The maximum atomic E-state index is 12.9. The van der Waals surface area contributed by atoms with Crippen molar-refractivity contribution in [3.8, 4) is 0 Å². The molecule has 3 aromatic carbocycles. The molecule has 0 fully saturated rings. The molecule has 0 radical (unpaired) electrons. The van der Waals surface area contributed by atoms with Crippen LogP contribution in [0.25, 0.3) is 10.9 Å². The van der Waals surface area contributed by atoms with Crippen LogP contribution in [-0.4, -0.2) is 28.6 Å². The molecule has 2 amide bonds. The van der Waals surface area contributed by atoms with Crippen LogP contribution < -0.4 is 10.6 Å². The Hall–Kier alpha value is -4.32. The van der Waals surface area contributed by atoms with Crippen molar-refractivity contribution >= 4 is 34.2 Å². The maximum Gasteiger partial charge on any atom is 0.256 e. The summed E-state index contributed by atoms with van der Waals surface area (Å²) in [5.41, 5.74) is 5.15. The number of pyridine rings is 1. The van der Waals surface area contributed by atoms with Gasteiger partial charge in [0.25, 0.3) is 11.8 Å². The summed E-state index contributed by atoms with van der Waals surface area (Å²) in [7, 11) is 0. The summed E-state index contributed by atoms with van der Waals surface area (Å²) < 4.78 is 0. The molecule has 6 nitrogen and oxygen atoms in total. The van der Waals surface area contributed by atoms with Gasteiger partial charge in [-0.1, -0.05) is 48.5 Å². The molecule has 4 aromatic rings. The first kappa shape index (κ1) is 23.8. The normalized spacial score (nSPS) is 11.6. The van der Waals surface area contributed by atoms with Crippen LogP contribution in [-0.2, 0) is 11.2 Å². The summed E-state index contributed by atoms with van der Waals surface area (Å²) in [6.07, 6.45) is 1.98. The molecule has 35 heavy (non-hydrogen) atoms. The van der Waals surface area contributed by atoms with E-state index in [2.05, 4.69) is 15.6 Å².